The van der Waals surface area contributed by atoms with E-state index in [4.69, 9.17) is 9.47 Å². The van der Waals surface area contributed by atoms with Crippen molar-refractivity contribution in [3.63, 3.8) is 0 Å². The number of ether oxygens (including phenoxy) is 2. The number of aromatic nitrogens is 3. The molecule has 0 bridgehead atoms. The molecule has 0 saturated heterocycles. The van der Waals surface area contributed by atoms with Gasteiger partial charge in [-0.15, -0.1) is 4.98 Å². The summed E-state index contributed by atoms with van der Waals surface area (Å²) in [5.74, 6) is 1.17. The lowest BCUT2D eigenvalue weighted by atomic mass is 9.89. The lowest BCUT2D eigenvalue weighted by molar-refractivity contribution is 0.116. The molecule has 1 N–H and O–H groups in total. The van der Waals surface area contributed by atoms with Crippen molar-refractivity contribution in [1.82, 2.24) is 15.0 Å². The summed E-state index contributed by atoms with van der Waals surface area (Å²) in [6, 6.07) is 0.655. The van der Waals surface area contributed by atoms with Crippen molar-refractivity contribution in [3.05, 3.63) is 0 Å². The van der Waals surface area contributed by atoms with E-state index in [0.717, 1.165) is 12.8 Å². The maximum atomic E-state index is 5.87. The summed E-state index contributed by atoms with van der Waals surface area (Å²) in [5, 5.41) is 2.89. The highest BCUT2D eigenvalue weighted by molar-refractivity contribution is 5.26. The lowest BCUT2D eigenvalue weighted by Gasteiger charge is -2.26. The molecule has 1 heterocycles. The molecule has 2 rings (SSSR count). The highest BCUT2D eigenvalue weighted by Gasteiger charge is 2.21. The standard InChI is InChI=1S/C13H22N4O2/c1-4-18-12-15-11(14-3)16-13(17-12)19-10-7-5-6-9(2)8-10/h9-10H,4-8H2,1-3H3,(H,14,15,16,17). The van der Waals surface area contributed by atoms with Crippen LogP contribution < -0.4 is 14.8 Å². The monoisotopic (exact) mass is 266 g/mol. The van der Waals surface area contributed by atoms with E-state index in [-0.39, 0.29) is 6.10 Å². The molecular formula is C13H22N4O2. The van der Waals surface area contributed by atoms with Gasteiger partial charge in [0.05, 0.1) is 6.61 Å². The van der Waals surface area contributed by atoms with Gasteiger partial charge in [-0.2, -0.15) is 9.97 Å². The van der Waals surface area contributed by atoms with Gasteiger partial charge in [0.1, 0.15) is 6.10 Å². The van der Waals surface area contributed by atoms with E-state index in [1.807, 2.05) is 6.92 Å². The van der Waals surface area contributed by atoms with Crippen LogP contribution in [0.1, 0.15) is 39.5 Å². The molecule has 0 amide bonds. The minimum absolute atomic E-state index is 0.199. The van der Waals surface area contributed by atoms with Gasteiger partial charge in [-0.3, -0.25) is 0 Å². The summed E-state index contributed by atoms with van der Waals surface area (Å²) >= 11 is 0. The van der Waals surface area contributed by atoms with E-state index in [9.17, 15) is 0 Å². The van der Waals surface area contributed by atoms with E-state index >= 15 is 0 Å². The smallest absolute Gasteiger partial charge is 0.324 e. The number of nitrogens with one attached hydrogen (secondary N) is 1. The van der Waals surface area contributed by atoms with Gasteiger partial charge in [-0.05, 0) is 32.1 Å². The normalized spacial score (nSPS) is 22.9. The van der Waals surface area contributed by atoms with Crippen LogP contribution >= 0.6 is 0 Å². The third kappa shape index (κ3) is 3.94. The molecule has 1 fully saturated rings. The van der Waals surface area contributed by atoms with Crippen molar-refractivity contribution in [3.8, 4) is 12.0 Å². The van der Waals surface area contributed by atoms with Crippen molar-refractivity contribution in [2.45, 2.75) is 45.6 Å². The predicted molar refractivity (Wildman–Crippen MR) is 72.6 cm³/mol. The molecule has 0 spiro atoms. The zero-order valence-electron chi connectivity index (χ0n) is 11.8. The second kappa shape index (κ2) is 6.54. The lowest BCUT2D eigenvalue weighted by Crippen LogP contribution is -2.25. The zero-order chi connectivity index (χ0) is 13.7. The average Bonchev–Trinajstić information content (AvgIpc) is 2.39. The van der Waals surface area contributed by atoms with Gasteiger partial charge in [0.2, 0.25) is 5.95 Å². The van der Waals surface area contributed by atoms with Crippen LogP contribution in [0, 0.1) is 5.92 Å². The van der Waals surface area contributed by atoms with Crippen molar-refractivity contribution in [1.29, 1.82) is 0 Å². The molecule has 0 aromatic carbocycles. The van der Waals surface area contributed by atoms with Crippen LogP contribution in [-0.2, 0) is 0 Å². The van der Waals surface area contributed by atoms with Crippen molar-refractivity contribution < 1.29 is 9.47 Å². The molecule has 1 aliphatic carbocycles. The van der Waals surface area contributed by atoms with Gasteiger partial charge in [-0.1, -0.05) is 13.3 Å². The van der Waals surface area contributed by atoms with Gasteiger partial charge < -0.3 is 14.8 Å². The summed E-state index contributed by atoms with van der Waals surface area (Å²) in [6.07, 6.45) is 4.81. The molecule has 106 valence electrons. The summed E-state index contributed by atoms with van der Waals surface area (Å²) in [4.78, 5) is 12.5. The summed E-state index contributed by atoms with van der Waals surface area (Å²) in [6.45, 7) is 4.67. The van der Waals surface area contributed by atoms with Crippen LogP contribution in [0.5, 0.6) is 12.0 Å². The van der Waals surface area contributed by atoms with E-state index in [1.165, 1.54) is 12.8 Å². The number of rotatable bonds is 5. The fourth-order valence-corrected chi connectivity index (χ4v) is 2.33. The first-order valence-corrected chi connectivity index (χ1v) is 6.94. The van der Waals surface area contributed by atoms with Crippen molar-refractivity contribution in [2.75, 3.05) is 19.0 Å². The van der Waals surface area contributed by atoms with Gasteiger partial charge in [0.25, 0.3) is 0 Å². The van der Waals surface area contributed by atoms with Crippen LogP contribution in [0.4, 0.5) is 5.95 Å². The SMILES string of the molecule is CCOc1nc(NC)nc(OC2CCCC(C)C2)n1. The average molecular weight is 266 g/mol. The molecule has 1 aromatic heterocycles. The molecule has 6 nitrogen and oxygen atoms in total. The van der Waals surface area contributed by atoms with E-state index < -0.39 is 0 Å². The Morgan fingerprint density at radius 1 is 1.21 bits per heavy atom. The first kappa shape index (κ1) is 13.8. The minimum Gasteiger partial charge on any atom is -0.464 e. The van der Waals surface area contributed by atoms with Crippen LogP contribution in [0.25, 0.3) is 0 Å². The summed E-state index contributed by atoms with van der Waals surface area (Å²) < 4.78 is 11.2. The van der Waals surface area contributed by atoms with Gasteiger partial charge in [-0.25, -0.2) is 0 Å². The van der Waals surface area contributed by atoms with E-state index in [2.05, 4.69) is 27.2 Å². The first-order valence-electron chi connectivity index (χ1n) is 6.94. The summed E-state index contributed by atoms with van der Waals surface area (Å²) in [7, 11) is 1.76. The third-order valence-corrected chi connectivity index (χ3v) is 3.25. The Kier molecular flexibility index (Phi) is 4.76. The number of anilines is 1. The van der Waals surface area contributed by atoms with Crippen LogP contribution in [0.3, 0.4) is 0 Å². The number of nitrogens with zero attached hydrogens (tertiary/aromatic N) is 3. The fraction of sp³-hybridized carbons (Fsp3) is 0.769. The Balaban J connectivity index is 2.07. The van der Waals surface area contributed by atoms with Gasteiger partial charge in [0, 0.05) is 7.05 Å². The molecule has 1 saturated carbocycles. The Hall–Kier alpha value is -1.59. The maximum Gasteiger partial charge on any atom is 0.324 e. The van der Waals surface area contributed by atoms with Gasteiger partial charge in [0.15, 0.2) is 0 Å². The van der Waals surface area contributed by atoms with Crippen LogP contribution in [-0.4, -0.2) is 34.7 Å². The van der Waals surface area contributed by atoms with Crippen molar-refractivity contribution >= 4 is 5.95 Å². The fourth-order valence-electron chi connectivity index (χ4n) is 2.33. The molecule has 2 atom stereocenters. The molecule has 0 aliphatic heterocycles. The molecule has 6 heteroatoms. The number of hydrogen-bond donors (Lipinski definition) is 1. The topological polar surface area (TPSA) is 69.2 Å². The Labute approximate surface area is 114 Å². The van der Waals surface area contributed by atoms with E-state index in [0.29, 0.717) is 30.5 Å². The second-order valence-corrected chi connectivity index (χ2v) is 4.92. The second-order valence-electron chi connectivity index (χ2n) is 4.92. The first-order chi connectivity index (χ1) is 9.21. The molecular weight excluding hydrogens is 244 g/mol. The molecule has 1 aliphatic rings. The molecule has 19 heavy (non-hydrogen) atoms. The van der Waals surface area contributed by atoms with Crippen LogP contribution in [0.2, 0.25) is 0 Å². The Morgan fingerprint density at radius 3 is 2.68 bits per heavy atom. The largest absolute Gasteiger partial charge is 0.464 e. The van der Waals surface area contributed by atoms with E-state index in [1.54, 1.807) is 7.05 Å². The minimum atomic E-state index is 0.199. The maximum absolute atomic E-state index is 5.87. The number of hydrogen-bond acceptors (Lipinski definition) is 6. The van der Waals surface area contributed by atoms with Gasteiger partial charge >= 0.3 is 12.0 Å². The zero-order valence-corrected chi connectivity index (χ0v) is 11.8. The highest BCUT2D eigenvalue weighted by Crippen LogP contribution is 2.26. The summed E-state index contributed by atoms with van der Waals surface area (Å²) in [5.41, 5.74) is 0. The molecule has 1 aromatic rings. The third-order valence-electron chi connectivity index (χ3n) is 3.25. The van der Waals surface area contributed by atoms with Crippen LogP contribution in [0.15, 0.2) is 0 Å². The molecule has 2 unspecified atom stereocenters. The predicted octanol–water partition coefficient (Wildman–Crippen LogP) is 2.27. The Morgan fingerprint density at radius 2 is 2.00 bits per heavy atom. The van der Waals surface area contributed by atoms with Crippen molar-refractivity contribution in [2.24, 2.45) is 5.92 Å². The highest BCUT2D eigenvalue weighted by atomic mass is 16.5. The molecule has 0 radical (unpaired) electrons. The Bertz CT molecular complexity index is 414. The quantitative estimate of drug-likeness (QED) is 0.881.